The van der Waals surface area contributed by atoms with Gasteiger partial charge in [0.15, 0.2) is 5.78 Å². The molecule has 1 amide bonds. The number of Topliss-reactive ketones (excluding diaryl/α,β-unsaturated/α-hetero) is 1. The molecule has 0 atom stereocenters. The van der Waals surface area contributed by atoms with Crippen LogP contribution in [-0.2, 0) is 4.74 Å². The van der Waals surface area contributed by atoms with Crippen molar-refractivity contribution in [1.82, 2.24) is 20.4 Å². The second-order valence-corrected chi connectivity index (χ2v) is 10.3. The third kappa shape index (κ3) is 6.43. The summed E-state index contributed by atoms with van der Waals surface area (Å²) in [5, 5.41) is 16.9. The van der Waals surface area contributed by atoms with Crippen LogP contribution in [0.4, 0.5) is 10.5 Å². The molecular formula is C26H31N5O3. The van der Waals surface area contributed by atoms with Crippen LogP contribution in [0.25, 0.3) is 22.8 Å². The lowest BCUT2D eigenvalue weighted by atomic mass is 9.87. The summed E-state index contributed by atoms with van der Waals surface area (Å²) < 4.78 is 5.53. The Kier molecular flexibility index (Phi) is 7.09. The molecule has 2 aromatic carbocycles. The summed E-state index contributed by atoms with van der Waals surface area (Å²) in [5.74, 6) is 0.609. The number of anilines is 1. The Labute approximate surface area is 200 Å². The quantitative estimate of drug-likeness (QED) is 0.457. The number of ketones is 1. The van der Waals surface area contributed by atoms with Crippen molar-refractivity contribution in [3.8, 4) is 22.8 Å². The summed E-state index contributed by atoms with van der Waals surface area (Å²) in [6.45, 7) is 11.4. The van der Waals surface area contributed by atoms with Crippen molar-refractivity contribution in [2.75, 3.05) is 11.9 Å². The molecule has 0 aliphatic heterocycles. The average molecular weight is 462 g/mol. The molecule has 0 saturated carbocycles. The van der Waals surface area contributed by atoms with Crippen LogP contribution < -0.4 is 4.90 Å². The number of rotatable bonds is 5. The van der Waals surface area contributed by atoms with E-state index in [1.54, 1.807) is 46.0 Å². The van der Waals surface area contributed by atoms with Gasteiger partial charge in [-0.15, -0.1) is 20.4 Å². The maximum Gasteiger partial charge on any atom is 0.414 e. The number of nitrogens with zero attached hydrogens (tertiary/aromatic N) is 5. The van der Waals surface area contributed by atoms with Crippen molar-refractivity contribution < 1.29 is 14.3 Å². The largest absolute Gasteiger partial charge is 0.443 e. The van der Waals surface area contributed by atoms with E-state index >= 15 is 0 Å². The molecule has 8 nitrogen and oxygen atoms in total. The Morgan fingerprint density at radius 3 is 2.00 bits per heavy atom. The molecule has 0 bridgehead atoms. The lowest BCUT2D eigenvalue weighted by molar-refractivity contribution is 0.0589. The van der Waals surface area contributed by atoms with Crippen molar-refractivity contribution in [1.29, 1.82) is 0 Å². The molecule has 0 radical (unpaired) electrons. The third-order valence-electron chi connectivity index (χ3n) is 4.79. The smallest absolute Gasteiger partial charge is 0.414 e. The van der Waals surface area contributed by atoms with Gasteiger partial charge in [0.2, 0.25) is 11.6 Å². The number of carbonyl (C=O) groups excluding carboxylic acids is 2. The van der Waals surface area contributed by atoms with Crippen LogP contribution in [0.3, 0.4) is 0 Å². The van der Waals surface area contributed by atoms with Gasteiger partial charge in [0, 0.05) is 30.2 Å². The molecule has 0 aliphatic rings. The zero-order valence-corrected chi connectivity index (χ0v) is 20.8. The summed E-state index contributed by atoms with van der Waals surface area (Å²) in [6.07, 6.45) is -0.191. The summed E-state index contributed by atoms with van der Waals surface area (Å²) >= 11 is 0. The first kappa shape index (κ1) is 25.0. The average Bonchev–Trinajstić information content (AvgIpc) is 2.76. The van der Waals surface area contributed by atoms with E-state index in [-0.39, 0.29) is 17.0 Å². The van der Waals surface area contributed by atoms with E-state index in [0.717, 1.165) is 5.56 Å². The molecule has 1 heterocycles. The molecule has 0 unspecified atom stereocenters. The Balaban J connectivity index is 2.03. The second-order valence-electron chi connectivity index (χ2n) is 10.3. The molecule has 34 heavy (non-hydrogen) atoms. The fraction of sp³-hybridized carbons (Fsp3) is 0.385. The van der Waals surface area contributed by atoms with Crippen molar-refractivity contribution in [3.05, 3.63) is 54.1 Å². The highest BCUT2D eigenvalue weighted by atomic mass is 16.6. The molecule has 0 aliphatic carbocycles. The van der Waals surface area contributed by atoms with Crippen molar-refractivity contribution in [2.45, 2.75) is 53.6 Å². The zero-order chi connectivity index (χ0) is 25.1. The Morgan fingerprint density at radius 2 is 1.44 bits per heavy atom. The predicted molar refractivity (Wildman–Crippen MR) is 132 cm³/mol. The van der Waals surface area contributed by atoms with Crippen LogP contribution in [0.15, 0.2) is 48.5 Å². The van der Waals surface area contributed by atoms with E-state index in [0.29, 0.717) is 29.1 Å². The van der Waals surface area contributed by atoms with Crippen molar-refractivity contribution in [2.24, 2.45) is 5.41 Å². The highest BCUT2D eigenvalue weighted by molar-refractivity contribution is 6.00. The van der Waals surface area contributed by atoms with Gasteiger partial charge in [-0.05, 0) is 38.3 Å². The van der Waals surface area contributed by atoms with Crippen LogP contribution in [0.1, 0.15) is 58.3 Å². The minimum atomic E-state index is -0.678. The molecule has 0 fully saturated rings. The predicted octanol–water partition coefficient (Wildman–Crippen LogP) is 5.59. The number of hydrogen-bond donors (Lipinski definition) is 0. The van der Waals surface area contributed by atoms with Gasteiger partial charge in [-0.3, -0.25) is 9.69 Å². The fourth-order valence-electron chi connectivity index (χ4n) is 3.22. The molecule has 3 aromatic rings. The lowest BCUT2D eigenvalue weighted by Gasteiger charge is -2.26. The van der Waals surface area contributed by atoms with E-state index in [1.807, 2.05) is 51.1 Å². The highest BCUT2D eigenvalue weighted by Crippen LogP contribution is 2.32. The second kappa shape index (κ2) is 9.67. The number of hydrogen-bond acceptors (Lipinski definition) is 7. The van der Waals surface area contributed by atoms with E-state index in [1.165, 1.54) is 4.90 Å². The molecule has 0 saturated heterocycles. The number of aromatic nitrogens is 4. The number of amides is 1. The molecule has 0 N–H and O–H groups in total. The number of benzene rings is 2. The molecule has 3 rings (SSSR count). The van der Waals surface area contributed by atoms with Gasteiger partial charge >= 0.3 is 6.09 Å². The van der Waals surface area contributed by atoms with Crippen molar-refractivity contribution >= 4 is 17.6 Å². The van der Waals surface area contributed by atoms with E-state index in [9.17, 15) is 9.59 Å². The van der Waals surface area contributed by atoms with Gasteiger partial charge in [0.05, 0.1) is 5.69 Å². The first-order chi connectivity index (χ1) is 15.8. The van der Waals surface area contributed by atoms with Crippen LogP contribution in [0.5, 0.6) is 0 Å². The third-order valence-corrected chi connectivity index (χ3v) is 4.79. The lowest BCUT2D eigenvalue weighted by Crippen LogP contribution is -2.34. The SMILES string of the molecule is CN(C(=O)OC(C)(C)C)c1cc(C(=O)CC(C)(C)C)ccc1-c1nnc(-c2ccccc2)nn1. The Hall–Kier alpha value is -3.68. The summed E-state index contributed by atoms with van der Waals surface area (Å²) in [5.41, 5.74) is 1.39. The van der Waals surface area contributed by atoms with Crippen LogP contribution in [0, 0.1) is 5.41 Å². The molecule has 0 spiro atoms. The van der Waals surface area contributed by atoms with E-state index in [2.05, 4.69) is 20.4 Å². The normalized spacial score (nSPS) is 11.7. The van der Waals surface area contributed by atoms with Crippen LogP contribution in [-0.4, -0.2) is 44.9 Å². The van der Waals surface area contributed by atoms with Crippen LogP contribution >= 0.6 is 0 Å². The van der Waals surface area contributed by atoms with Gasteiger partial charge in [-0.2, -0.15) is 0 Å². The summed E-state index contributed by atoms with van der Waals surface area (Å²) in [4.78, 5) is 27.1. The maximum atomic E-state index is 12.9. The maximum absolute atomic E-state index is 12.9. The molecule has 8 heteroatoms. The molecule has 178 valence electrons. The van der Waals surface area contributed by atoms with Gasteiger partial charge in [0.1, 0.15) is 5.60 Å². The minimum absolute atomic E-state index is 0.0190. The van der Waals surface area contributed by atoms with Gasteiger partial charge in [-0.1, -0.05) is 57.2 Å². The molecular weight excluding hydrogens is 430 g/mol. The summed E-state index contributed by atoms with van der Waals surface area (Å²) in [7, 11) is 1.59. The van der Waals surface area contributed by atoms with E-state index in [4.69, 9.17) is 4.74 Å². The molecule has 1 aromatic heterocycles. The standard InChI is InChI=1S/C26H31N5O3/c1-25(2,3)16-21(32)18-13-14-19(20(15-18)31(7)24(33)34-26(4,5)6)23-29-27-22(28-30-23)17-11-9-8-10-12-17/h8-15H,16H2,1-7H3. The van der Waals surface area contributed by atoms with Crippen LogP contribution in [0.2, 0.25) is 0 Å². The zero-order valence-electron chi connectivity index (χ0n) is 20.8. The summed E-state index contributed by atoms with van der Waals surface area (Å²) in [6, 6.07) is 14.5. The van der Waals surface area contributed by atoms with E-state index < -0.39 is 11.7 Å². The number of ether oxygens (including phenoxy) is 1. The Morgan fingerprint density at radius 1 is 0.853 bits per heavy atom. The minimum Gasteiger partial charge on any atom is -0.443 e. The topological polar surface area (TPSA) is 98.2 Å². The van der Waals surface area contributed by atoms with Gasteiger partial charge in [0.25, 0.3) is 0 Å². The van der Waals surface area contributed by atoms with Gasteiger partial charge < -0.3 is 4.74 Å². The monoisotopic (exact) mass is 461 g/mol. The first-order valence-corrected chi connectivity index (χ1v) is 11.1. The number of carbonyl (C=O) groups is 2. The van der Waals surface area contributed by atoms with Crippen molar-refractivity contribution in [3.63, 3.8) is 0 Å². The fourth-order valence-corrected chi connectivity index (χ4v) is 3.22. The first-order valence-electron chi connectivity index (χ1n) is 11.1. The Bertz CT molecular complexity index is 1160. The van der Waals surface area contributed by atoms with Gasteiger partial charge in [-0.25, -0.2) is 4.79 Å². The highest BCUT2D eigenvalue weighted by Gasteiger charge is 2.25.